The third kappa shape index (κ3) is 3.89. The lowest BCUT2D eigenvalue weighted by Gasteiger charge is -2.61. The number of hydrogen-bond acceptors (Lipinski definition) is 4. The summed E-state index contributed by atoms with van der Waals surface area (Å²) >= 11 is 0. The Labute approximate surface area is 185 Å². The zero-order chi connectivity index (χ0) is 22.7. The molecule has 11 heteroatoms. The predicted molar refractivity (Wildman–Crippen MR) is 108 cm³/mol. The van der Waals surface area contributed by atoms with E-state index in [1.807, 2.05) is 4.90 Å². The summed E-state index contributed by atoms with van der Waals surface area (Å²) in [5.74, 6) is 0.200. The summed E-state index contributed by atoms with van der Waals surface area (Å²) in [6.07, 6.45) is 2.50. The van der Waals surface area contributed by atoms with Crippen molar-refractivity contribution < 1.29 is 31.7 Å². The highest BCUT2D eigenvalue weighted by Crippen LogP contribution is 2.53. The van der Waals surface area contributed by atoms with Crippen molar-refractivity contribution in [2.75, 3.05) is 39.4 Å². The van der Waals surface area contributed by atoms with E-state index >= 15 is 0 Å². The maximum Gasteiger partial charge on any atom is 0.475 e. The van der Waals surface area contributed by atoms with Crippen LogP contribution in [0.1, 0.15) is 18.4 Å². The number of nitrogens with one attached hydrogen (secondary N) is 1. The smallest absolute Gasteiger partial charge is 0.369 e. The fourth-order valence-electron chi connectivity index (χ4n) is 5.62. The van der Waals surface area contributed by atoms with Crippen LogP contribution >= 0.6 is 0 Å². The van der Waals surface area contributed by atoms with Crippen LogP contribution in [0.3, 0.4) is 0 Å². The van der Waals surface area contributed by atoms with E-state index in [0.717, 1.165) is 18.4 Å². The number of carbonyl (C=O) groups is 2. The molecule has 1 atom stereocenters. The number of nitrogens with zero attached hydrogens (tertiary/aromatic N) is 2. The number of halogens is 3. The van der Waals surface area contributed by atoms with Gasteiger partial charge in [-0.1, -0.05) is 12.1 Å². The molecule has 3 aliphatic heterocycles. The van der Waals surface area contributed by atoms with Crippen LogP contribution < -0.4 is 5.32 Å². The second-order valence-corrected chi connectivity index (χ2v) is 11.1. The molecule has 5 rings (SSSR count). The third-order valence-corrected chi connectivity index (χ3v) is 7.99. The summed E-state index contributed by atoms with van der Waals surface area (Å²) in [4.78, 5) is 27.5. The molecule has 3 amide bonds. The van der Waals surface area contributed by atoms with Gasteiger partial charge < -0.3 is 19.9 Å². The molecule has 2 spiro atoms. The highest BCUT2D eigenvalue weighted by Gasteiger charge is 2.56. The summed E-state index contributed by atoms with van der Waals surface area (Å²) in [5.41, 5.74) is -4.33. The normalized spacial score (nSPS) is 25.0. The molecule has 32 heavy (non-hydrogen) atoms. The van der Waals surface area contributed by atoms with Gasteiger partial charge in [0.15, 0.2) is 10.8 Å². The number of rotatable bonds is 3. The Kier molecular flexibility index (Phi) is 5.05. The molecule has 0 radical (unpaired) electrons. The maximum absolute atomic E-state index is 12.7. The molecule has 1 N–H and O–H groups in total. The molecule has 174 valence electrons. The van der Waals surface area contributed by atoms with Crippen LogP contribution in [0.2, 0.25) is 0 Å². The lowest BCUT2D eigenvalue weighted by molar-refractivity contribution is -0.142. The highest BCUT2D eigenvalue weighted by molar-refractivity contribution is 7.86. The monoisotopic (exact) mass is 471 g/mol. The van der Waals surface area contributed by atoms with E-state index in [4.69, 9.17) is 4.74 Å². The Morgan fingerprint density at radius 1 is 1.19 bits per heavy atom. The van der Waals surface area contributed by atoms with Crippen LogP contribution in [0.25, 0.3) is 0 Å². The van der Waals surface area contributed by atoms with Crippen molar-refractivity contribution in [1.29, 1.82) is 0 Å². The highest BCUT2D eigenvalue weighted by atomic mass is 32.2. The van der Waals surface area contributed by atoms with E-state index in [0.29, 0.717) is 45.1 Å². The van der Waals surface area contributed by atoms with Gasteiger partial charge in [0.05, 0.1) is 12.1 Å². The van der Waals surface area contributed by atoms with Gasteiger partial charge in [-0.15, -0.1) is 0 Å². The number of ether oxygens (including phenoxy) is 1. The number of likely N-dealkylation sites (tertiary alicyclic amines) is 2. The molecule has 1 unspecified atom stereocenters. The molecule has 0 bridgehead atoms. The Morgan fingerprint density at radius 3 is 2.53 bits per heavy atom. The van der Waals surface area contributed by atoms with E-state index in [-0.39, 0.29) is 28.9 Å². The van der Waals surface area contributed by atoms with E-state index in [1.165, 1.54) is 18.2 Å². The van der Waals surface area contributed by atoms with E-state index in [2.05, 4.69) is 5.32 Å². The molecule has 1 aromatic rings. The second kappa shape index (κ2) is 7.44. The Morgan fingerprint density at radius 2 is 1.88 bits per heavy atom. The minimum Gasteiger partial charge on any atom is -0.369 e. The maximum atomic E-state index is 12.7. The van der Waals surface area contributed by atoms with Crippen molar-refractivity contribution in [1.82, 2.24) is 15.1 Å². The first-order chi connectivity index (χ1) is 15.1. The number of alkyl halides is 3. The Bertz CT molecular complexity index is 965. The second-order valence-electron chi connectivity index (χ2n) is 9.66. The molecule has 3 saturated heterocycles. The number of hydrogen-bond donors (Lipinski definition) is 1. The quantitative estimate of drug-likeness (QED) is 0.731. The molecule has 1 saturated carbocycles. The lowest BCUT2D eigenvalue weighted by atomic mass is 9.56. The third-order valence-electron chi connectivity index (χ3n) is 6.89. The average molecular weight is 472 g/mol. The van der Waals surface area contributed by atoms with Crippen LogP contribution in [0, 0.1) is 11.3 Å². The molecular formula is C21H24F3N3O4S. The van der Waals surface area contributed by atoms with Crippen molar-refractivity contribution in [3.63, 3.8) is 0 Å². The largest absolute Gasteiger partial charge is 0.475 e. The number of benzene rings is 1. The first-order valence-electron chi connectivity index (χ1n) is 10.6. The summed E-state index contributed by atoms with van der Waals surface area (Å²) in [6.45, 7) is 2.78. The molecule has 3 heterocycles. The molecular weight excluding hydrogens is 447 g/mol. The zero-order valence-electron chi connectivity index (χ0n) is 17.3. The standard InChI is InChI=1S/C21H24F3N3O4S/c22-21(23,24)32(30)16-3-1-2-14(5-16)4-15-6-19(7-15)9-26(10-19)18(29)27-11-20(12-27)13-31-8-17(28)25-20/h1-3,5,15H,4,6-13H2,(H,25,28). The number of morpholine rings is 1. The molecule has 7 nitrogen and oxygen atoms in total. The number of amides is 3. The van der Waals surface area contributed by atoms with Gasteiger partial charge in [0.25, 0.3) is 0 Å². The van der Waals surface area contributed by atoms with E-state index in [1.54, 1.807) is 11.0 Å². The molecule has 4 aliphatic rings. The topological polar surface area (TPSA) is 79.0 Å². The van der Waals surface area contributed by atoms with Crippen molar-refractivity contribution in [2.24, 2.45) is 11.3 Å². The van der Waals surface area contributed by atoms with Gasteiger partial charge in [-0.25, -0.2) is 9.00 Å². The number of urea groups is 1. The van der Waals surface area contributed by atoms with Crippen LogP contribution in [0.5, 0.6) is 0 Å². The van der Waals surface area contributed by atoms with Gasteiger partial charge in [0.2, 0.25) is 5.91 Å². The minimum atomic E-state index is -4.76. The van der Waals surface area contributed by atoms with Gasteiger partial charge in [-0.05, 0) is 42.9 Å². The van der Waals surface area contributed by atoms with Gasteiger partial charge in [0.1, 0.15) is 6.61 Å². The average Bonchev–Trinajstić information content (AvgIpc) is 2.65. The minimum absolute atomic E-state index is 0.0214. The fraction of sp³-hybridized carbons (Fsp3) is 0.619. The van der Waals surface area contributed by atoms with Gasteiger partial charge in [-0.2, -0.15) is 13.2 Å². The van der Waals surface area contributed by atoms with E-state index in [9.17, 15) is 27.0 Å². The first-order valence-corrected chi connectivity index (χ1v) is 11.7. The van der Waals surface area contributed by atoms with Crippen LogP contribution in [-0.2, 0) is 26.8 Å². The van der Waals surface area contributed by atoms with Crippen LogP contribution in [-0.4, -0.2) is 76.4 Å². The molecule has 1 aliphatic carbocycles. The van der Waals surface area contributed by atoms with E-state index < -0.39 is 21.8 Å². The van der Waals surface area contributed by atoms with Gasteiger partial charge >= 0.3 is 11.5 Å². The Balaban J connectivity index is 1.08. The summed E-state index contributed by atoms with van der Waals surface area (Å²) in [7, 11) is -3.01. The van der Waals surface area contributed by atoms with Gasteiger partial charge in [-0.3, -0.25) is 4.79 Å². The zero-order valence-corrected chi connectivity index (χ0v) is 18.1. The summed E-state index contributed by atoms with van der Waals surface area (Å²) in [6, 6.07) is 5.90. The number of carbonyl (C=O) groups excluding carboxylic acids is 2. The van der Waals surface area contributed by atoms with Crippen molar-refractivity contribution in [3.8, 4) is 0 Å². The lowest BCUT2D eigenvalue weighted by Crippen LogP contribution is -2.78. The first kappa shape index (κ1) is 21.7. The molecule has 4 fully saturated rings. The van der Waals surface area contributed by atoms with Crippen molar-refractivity contribution in [3.05, 3.63) is 29.8 Å². The molecule has 0 aromatic heterocycles. The van der Waals surface area contributed by atoms with Crippen LogP contribution in [0.15, 0.2) is 29.2 Å². The van der Waals surface area contributed by atoms with Crippen molar-refractivity contribution in [2.45, 2.75) is 35.2 Å². The summed E-state index contributed by atoms with van der Waals surface area (Å²) in [5, 5.41) is 2.92. The SMILES string of the molecule is O=C1COCC2(CN(C(=O)N3CC4(CC(Cc5cccc(S(=O)C(F)(F)F)c5)C4)C3)C2)N1. The van der Waals surface area contributed by atoms with Crippen molar-refractivity contribution >= 4 is 22.7 Å². The van der Waals surface area contributed by atoms with Crippen LogP contribution in [0.4, 0.5) is 18.0 Å². The summed E-state index contributed by atoms with van der Waals surface area (Å²) < 4.78 is 55.0. The van der Waals surface area contributed by atoms with Gasteiger partial charge in [0, 0.05) is 36.5 Å². The predicted octanol–water partition coefficient (Wildman–Crippen LogP) is 1.89. The Hall–Kier alpha value is -2.14. The fourth-order valence-corrected chi connectivity index (χ4v) is 6.35. The molecule has 1 aromatic carbocycles.